The van der Waals surface area contributed by atoms with E-state index in [2.05, 4.69) is 15.3 Å². The van der Waals surface area contributed by atoms with E-state index in [4.69, 9.17) is 9.90 Å². The second kappa shape index (κ2) is 12.1. The van der Waals surface area contributed by atoms with Crippen LogP contribution in [-0.4, -0.2) is 93.9 Å². The lowest BCUT2D eigenvalue weighted by Gasteiger charge is -2.35. The molecule has 3 amide bonds. The number of halogens is 3. The molecule has 2 aliphatic heterocycles. The van der Waals surface area contributed by atoms with Crippen molar-refractivity contribution in [3.63, 3.8) is 0 Å². The van der Waals surface area contributed by atoms with Crippen LogP contribution in [0.5, 0.6) is 0 Å². The van der Waals surface area contributed by atoms with E-state index in [1.165, 1.54) is 0 Å². The highest BCUT2D eigenvalue weighted by atomic mass is 19.4. The van der Waals surface area contributed by atoms with Crippen LogP contribution < -0.4 is 5.32 Å². The summed E-state index contributed by atoms with van der Waals surface area (Å²) >= 11 is 0. The zero-order valence-electron chi connectivity index (χ0n) is 22.5. The molecule has 2 aliphatic rings. The molecule has 10 nitrogen and oxygen atoms in total. The maximum absolute atomic E-state index is 13.4. The van der Waals surface area contributed by atoms with Crippen LogP contribution in [0.3, 0.4) is 0 Å². The molecule has 39 heavy (non-hydrogen) atoms. The van der Waals surface area contributed by atoms with Crippen molar-refractivity contribution in [2.45, 2.75) is 32.5 Å². The summed E-state index contributed by atoms with van der Waals surface area (Å²) in [5.41, 5.74) is 2.56. The molecule has 1 aromatic carbocycles. The third-order valence-corrected chi connectivity index (χ3v) is 7.17. The molecular formula is C26H35F3N6O4. The van der Waals surface area contributed by atoms with Crippen LogP contribution in [0.25, 0.3) is 0 Å². The van der Waals surface area contributed by atoms with Crippen LogP contribution in [0.4, 0.5) is 23.7 Å². The number of likely N-dealkylation sites (tertiary alicyclic amines) is 2. The molecule has 13 heteroatoms. The van der Waals surface area contributed by atoms with E-state index >= 15 is 0 Å². The summed E-state index contributed by atoms with van der Waals surface area (Å²) in [6.07, 6.45) is 0.442. The van der Waals surface area contributed by atoms with Crippen molar-refractivity contribution in [3.05, 3.63) is 47.8 Å². The maximum atomic E-state index is 13.4. The molecule has 1 aromatic heterocycles. The van der Waals surface area contributed by atoms with E-state index in [-0.39, 0.29) is 17.9 Å². The van der Waals surface area contributed by atoms with Gasteiger partial charge in [0.05, 0.1) is 11.6 Å². The van der Waals surface area contributed by atoms with Crippen LogP contribution in [0.1, 0.15) is 24.0 Å². The number of amides is 3. The van der Waals surface area contributed by atoms with Gasteiger partial charge in [0.2, 0.25) is 5.91 Å². The van der Waals surface area contributed by atoms with Crippen molar-refractivity contribution in [1.82, 2.24) is 24.5 Å². The quantitative estimate of drug-likeness (QED) is 0.603. The smallest absolute Gasteiger partial charge is 0.475 e. The molecule has 0 unspecified atom stereocenters. The van der Waals surface area contributed by atoms with Crippen molar-refractivity contribution in [2.24, 2.45) is 18.4 Å². The highest BCUT2D eigenvalue weighted by Crippen LogP contribution is 2.44. The number of fused-ring (bicyclic) bond motifs is 1. The van der Waals surface area contributed by atoms with Crippen molar-refractivity contribution >= 4 is 23.6 Å². The Balaban J connectivity index is 0.000000532. The number of benzene rings is 1. The first-order valence-corrected chi connectivity index (χ1v) is 12.6. The fourth-order valence-corrected chi connectivity index (χ4v) is 5.36. The zero-order valence-corrected chi connectivity index (χ0v) is 22.5. The van der Waals surface area contributed by atoms with Crippen molar-refractivity contribution in [2.75, 3.05) is 45.6 Å². The van der Waals surface area contributed by atoms with Gasteiger partial charge in [-0.2, -0.15) is 18.3 Å². The van der Waals surface area contributed by atoms with E-state index in [9.17, 15) is 22.8 Å². The van der Waals surface area contributed by atoms with E-state index in [0.29, 0.717) is 13.1 Å². The average Bonchev–Trinajstić information content (AvgIpc) is 3.36. The molecule has 0 saturated carbocycles. The van der Waals surface area contributed by atoms with Crippen LogP contribution >= 0.6 is 0 Å². The fraction of sp³-hybridized carbons (Fsp3) is 0.538. The van der Waals surface area contributed by atoms with Crippen LogP contribution in [-0.2, 0) is 23.2 Å². The summed E-state index contributed by atoms with van der Waals surface area (Å²) in [6.45, 7) is 5.52. The third-order valence-electron chi connectivity index (χ3n) is 7.17. The van der Waals surface area contributed by atoms with Gasteiger partial charge in [-0.05, 0) is 31.4 Å². The van der Waals surface area contributed by atoms with Crippen molar-refractivity contribution in [3.8, 4) is 0 Å². The largest absolute Gasteiger partial charge is 0.490 e. The predicted octanol–water partition coefficient (Wildman–Crippen LogP) is 3.20. The number of hydrogen-bond donors (Lipinski definition) is 2. The van der Waals surface area contributed by atoms with E-state index < -0.39 is 17.6 Å². The number of carboxylic acids is 1. The molecule has 214 valence electrons. The summed E-state index contributed by atoms with van der Waals surface area (Å²) in [5, 5.41) is 14.5. The Bertz CT molecular complexity index is 1180. The number of nitrogens with one attached hydrogen (secondary N) is 1. The van der Waals surface area contributed by atoms with Gasteiger partial charge in [0.15, 0.2) is 0 Å². The first-order valence-electron chi connectivity index (χ1n) is 12.6. The number of para-hydroxylation sites is 1. The number of carbonyl (C=O) groups is 3. The Morgan fingerprint density at radius 2 is 1.87 bits per heavy atom. The number of alkyl halides is 3. The van der Waals surface area contributed by atoms with Gasteiger partial charge in [-0.25, -0.2) is 9.59 Å². The Morgan fingerprint density at radius 1 is 1.21 bits per heavy atom. The molecule has 2 atom stereocenters. The number of nitrogens with zero attached hydrogens (tertiary/aromatic N) is 5. The molecule has 3 heterocycles. The Morgan fingerprint density at radius 3 is 2.44 bits per heavy atom. The van der Waals surface area contributed by atoms with Gasteiger partial charge in [0.25, 0.3) is 0 Å². The number of aromatic nitrogens is 2. The van der Waals surface area contributed by atoms with Crippen LogP contribution in [0, 0.1) is 18.3 Å². The van der Waals surface area contributed by atoms with Crippen LogP contribution in [0.15, 0.2) is 36.7 Å². The fourth-order valence-electron chi connectivity index (χ4n) is 5.36. The number of anilines is 1. The maximum Gasteiger partial charge on any atom is 0.490 e. The lowest BCUT2D eigenvalue weighted by molar-refractivity contribution is -0.192. The number of carboxylic acid groups (broad SMARTS) is 1. The first-order chi connectivity index (χ1) is 18.2. The Labute approximate surface area is 225 Å². The van der Waals surface area contributed by atoms with Crippen LogP contribution in [0.2, 0.25) is 0 Å². The molecule has 0 aliphatic carbocycles. The second-order valence-electron chi connectivity index (χ2n) is 10.3. The monoisotopic (exact) mass is 552 g/mol. The standard InChI is InChI=1S/C24H34N6O2.C2HF3O2/c1-18-8-5-6-9-21(18)26-23(32)30-11-7-10-24(22(31)27(2)3)17-29(15-20(24)16-30)14-19-12-25-28(4)13-19;3-2(4,5)1(6)7/h5-6,8-9,12-13,20H,7,10-11,14-17H2,1-4H3,(H,26,32);(H,6,7)/t20-,24+;/m1./s1. The molecule has 2 saturated heterocycles. The van der Waals surface area contributed by atoms with Crippen molar-refractivity contribution in [1.29, 1.82) is 0 Å². The average molecular weight is 553 g/mol. The minimum Gasteiger partial charge on any atom is -0.475 e. The van der Waals surface area contributed by atoms with E-state index in [1.54, 1.807) is 4.90 Å². The van der Waals surface area contributed by atoms with E-state index in [1.807, 2.05) is 74.3 Å². The SMILES string of the molecule is Cc1ccccc1NC(=O)N1CCC[C@]2(C(=O)N(C)C)CN(Cc3cnn(C)c3)C[C@@H]2C1.O=C(O)C(F)(F)F. The minimum atomic E-state index is -5.08. The number of hydrogen-bond acceptors (Lipinski definition) is 5. The molecule has 2 N–H and O–H groups in total. The molecule has 0 spiro atoms. The molecular weight excluding hydrogens is 517 g/mol. The number of aryl methyl sites for hydroxylation is 2. The molecule has 0 radical (unpaired) electrons. The Hall–Kier alpha value is -3.61. The Kier molecular flexibility index (Phi) is 9.26. The number of carbonyl (C=O) groups excluding carboxylic acids is 2. The highest BCUT2D eigenvalue weighted by molar-refractivity contribution is 5.90. The van der Waals surface area contributed by atoms with Gasteiger partial charge in [0, 0.05) is 77.2 Å². The first kappa shape index (κ1) is 29.9. The number of urea groups is 1. The van der Waals surface area contributed by atoms with Gasteiger partial charge in [-0.1, -0.05) is 18.2 Å². The van der Waals surface area contributed by atoms with Gasteiger partial charge in [-0.15, -0.1) is 0 Å². The molecule has 2 aromatic rings. The van der Waals surface area contributed by atoms with Gasteiger partial charge >= 0.3 is 18.2 Å². The molecule has 0 bridgehead atoms. The summed E-state index contributed by atoms with van der Waals surface area (Å²) in [5.74, 6) is -2.48. The second-order valence-corrected chi connectivity index (χ2v) is 10.3. The lowest BCUT2D eigenvalue weighted by Crippen LogP contribution is -2.48. The normalized spacial score (nSPS) is 21.3. The predicted molar refractivity (Wildman–Crippen MR) is 138 cm³/mol. The summed E-state index contributed by atoms with van der Waals surface area (Å²) in [7, 11) is 5.59. The van der Waals surface area contributed by atoms with Gasteiger partial charge in [0.1, 0.15) is 0 Å². The van der Waals surface area contributed by atoms with Crippen molar-refractivity contribution < 1.29 is 32.7 Å². The molecule has 4 rings (SSSR count). The zero-order chi connectivity index (χ0) is 29.0. The van der Waals surface area contributed by atoms with Gasteiger partial charge < -0.3 is 20.2 Å². The summed E-state index contributed by atoms with van der Waals surface area (Å²) in [6, 6.07) is 7.73. The number of rotatable bonds is 4. The molecule has 2 fully saturated rings. The highest BCUT2D eigenvalue weighted by Gasteiger charge is 2.53. The topological polar surface area (TPSA) is 111 Å². The van der Waals surface area contributed by atoms with E-state index in [0.717, 1.165) is 49.3 Å². The lowest BCUT2D eigenvalue weighted by atomic mass is 9.74. The number of aliphatic carboxylic acids is 1. The van der Waals surface area contributed by atoms with Gasteiger partial charge in [-0.3, -0.25) is 14.4 Å². The minimum absolute atomic E-state index is 0.0851. The summed E-state index contributed by atoms with van der Waals surface area (Å²) < 4.78 is 33.5. The summed E-state index contributed by atoms with van der Waals surface area (Å²) in [4.78, 5) is 41.4. The third kappa shape index (κ3) is 7.28.